The van der Waals surface area contributed by atoms with Crippen molar-refractivity contribution in [2.75, 3.05) is 0 Å². The Morgan fingerprint density at radius 1 is 1.27 bits per heavy atom. The molecular weight excluding hydrogens is 150 g/mol. The Morgan fingerprint density at radius 3 is 2.00 bits per heavy atom. The smallest absolute Gasteiger partial charge is 0.0993 e. The van der Waals surface area contributed by atoms with Gasteiger partial charge in [-0.3, -0.25) is 0 Å². The second-order valence-corrected chi connectivity index (χ2v) is 5.26. The largest absolute Gasteiger partial charge is 0.325 e. The third-order valence-electron chi connectivity index (χ3n) is 1.92. The first-order valence-electron chi connectivity index (χ1n) is 4.46. The van der Waals surface area contributed by atoms with E-state index in [2.05, 4.69) is 38.8 Å². The highest BCUT2D eigenvalue weighted by Crippen LogP contribution is 2.03. The molecule has 0 aromatic rings. The van der Waals surface area contributed by atoms with Gasteiger partial charge in [-0.05, 0) is 18.1 Å². The first-order valence-corrected chi connectivity index (χ1v) is 6.09. The van der Waals surface area contributed by atoms with Crippen LogP contribution in [-0.4, -0.2) is 26.3 Å². The molecule has 0 N–H and O–H groups in total. The molecule has 66 valence electrons. The van der Waals surface area contributed by atoms with Gasteiger partial charge in [0.2, 0.25) is 0 Å². The van der Waals surface area contributed by atoms with Crippen LogP contribution in [-0.2, 0) is 0 Å². The monoisotopic (exact) mass is 171 g/mol. The van der Waals surface area contributed by atoms with E-state index in [9.17, 15) is 0 Å². The molecule has 2 heteroatoms. The van der Waals surface area contributed by atoms with Crippen molar-refractivity contribution in [3.05, 3.63) is 12.7 Å². The zero-order chi connectivity index (χ0) is 8.85. The molecule has 0 unspecified atom stereocenters. The molecule has 0 amide bonds. The molecular formula is C9H21NSi. The molecule has 0 saturated heterocycles. The molecule has 0 rings (SSSR count). The fourth-order valence-electron chi connectivity index (χ4n) is 1.35. The molecule has 0 saturated carbocycles. The SMILES string of the molecule is C=CC[SiH2]N(C(C)C)C(C)C. The van der Waals surface area contributed by atoms with Gasteiger partial charge in [0.05, 0.1) is 9.68 Å². The summed E-state index contributed by atoms with van der Waals surface area (Å²) >= 11 is 0. The lowest BCUT2D eigenvalue weighted by Crippen LogP contribution is -2.39. The predicted octanol–water partition coefficient (Wildman–Crippen LogP) is 1.79. The third-order valence-corrected chi connectivity index (χ3v) is 4.56. The van der Waals surface area contributed by atoms with Crippen LogP contribution in [0.4, 0.5) is 0 Å². The van der Waals surface area contributed by atoms with Crippen molar-refractivity contribution >= 4 is 9.68 Å². The molecule has 1 nitrogen and oxygen atoms in total. The van der Waals surface area contributed by atoms with Gasteiger partial charge in [0, 0.05) is 0 Å². The van der Waals surface area contributed by atoms with Crippen molar-refractivity contribution in [3.63, 3.8) is 0 Å². The zero-order valence-electron chi connectivity index (χ0n) is 8.30. The second kappa shape index (κ2) is 5.55. The zero-order valence-corrected chi connectivity index (χ0v) is 9.71. The summed E-state index contributed by atoms with van der Waals surface area (Å²) in [5.41, 5.74) is 0. The Labute approximate surface area is 73.4 Å². The molecule has 0 fully saturated rings. The van der Waals surface area contributed by atoms with Crippen LogP contribution in [0.25, 0.3) is 0 Å². The Bertz CT molecular complexity index is 102. The van der Waals surface area contributed by atoms with E-state index in [-0.39, 0.29) is 9.68 Å². The van der Waals surface area contributed by atoms with Gasteiger partial charge in [-0.25, -0.2) is 0 Å². The van der Waals surface area contributed by atoms with E-state index >= 15 is 0 Å². The molecule has 0 heterocycles. The van der Waals surface area contributed by atoms with E-state index in [0.29, 0.717) is 12.1 Å². The minimum atomic E-state index is -0.0544. The van der Waals surface area contributed by atoms with Crippen LogP contribution in [0.2, 0.25) is 6.04 Å². The topological polar surface area (TPSA) is 3.24 Å². The maximum Gasteiger partial charge on any atom is 0.0993 e. The van der Waals surface area contributed by atoms with E-state index in [4.69, 9.17) is 0 Å². The van der Waals surface area contributed by atoms with Crippen LogP contribution >= 0.6 is 0 Å². The molecule has 0 aliphatic rings. The molecule has 11 heavy (non-hydrogen) atoms. The summed E-state index contributed by atoms with van der Waals surface area (Å²) in [7, 11) is -0.0544. The second-order valence-electron chi connectivity index (χ2n) is 3.50. The van der Waals surface area contributed by atoms with Gasteiger partial charge in [-0.15, -0.1) is 6.58 Å². The molecule has 0 aliphatic carbocycles. The van der Waals surface area contributed by atoms with Gasteiger partial charge < -0.3 is 4.57 Å². The van der Waals surface area contributed by atoms with Gasteiger partial charge in [-0.2, -0.15) is 0 Å². The molecule has 0 bridgehead atoms. The van der Waals surface area contributed by atoms with E-state index in [1.165, 1.54) is 6.04 Å². The molecule has 0 radical (unpaired) electrons. The van der Waals surface area contributed by atoms with Crippen molar-refractivity contribution in [2.45, 2.75) is 45.8 Å². The predicted molar refractivity (Wildman–Crippen MR) is 55.7 cm³/mol. The van der Waals surface area contributed by atoms with Crippen LogP contribution in [0.1, 0.15) is 27.7 Å². The van der Waals surface area contributed by atoms with Crippen LogP contribution in [0.3, 0.4) is 0 Å². The highest BCUT2D eigenvalue weighted by atomic mass is 28.2. The van der Waals surface area contributed by atoms with Crippen molar-refractivity contribution in [1.82, 2.24) is 4.57 Å². The maximum absolute atomic E-state index is 3.76. The number of allylic oxidation sites excluding steroid dienone is 1. The van der Waals surface area contributed by atoms with Crippen LogP contribution in [0.5, 0.6) is 0 Å². The summed E-state index contributed by atoms with van der Waals surface area (Å²) < 4.78 is 2.61. The number of hydrogen-bond donors (Lipinski definition) is 0. The molecule has 0 atom stereocenters. The summed E-state index contributed by atoms with van der Waals surface area (Å²) in [6, 6.07) is 2.65. The molecule has 0 aliphatic heterocycles. The van der Waals surface area contributed by atoms with Crippen LogP contribution in [0.15, 0.2) is 12.7 Å². The van der Waals surface area contributed by atoms with E-state index in [0.717, 1.165) is 0 Å². The van der Waals surface area contributed by atoms with E-state index in [1.54, 1.807) is 0 Å². The summed E-state index contributed by atoms with van der Waals surface area (Å²) in [4.78, 5) is 0. The maximum atomic E-state index is 3.76. The van der Waals surface area contributed by atoms with Crippen LogP contribution < -0.4 is 0 Å². The average Bonchev–Trinajstić information content (AvgIpc) is 1.87. The Hall–Kier alpha value is -0.0831. The Morgan fingerprint density at radius 2 is 1.73 bits per heavy atom. The van der Waals surface area contributed by atoms with E-state index < -0.39 is 0 Å². The molecule has 0 aromatic heterocycles. The summed E-state index contributed by atoms with van der Waals surface area (Å²) in [5, 5.41) is 0. The van der Waals surface area contributed by atoms with Crippen molar-refractivity contribution in [2.24, 2.45) is 0 Å². The fraction of sp³-hybridized carbons (Fsp3) is 0.778. The highest BCUT2D eigenvalue weighted by Gasteiger charge is 2.11. The number of hydrogen-bond acceptors (Lipinski definition) is 1. The summed E-state index contributed by atoms with van der Waals surface area (Å²) in [5.74, 6) is 0. The summed E-state index contributed by atoms with van der Waals surface area (Å²) in [6.07, 6.45) is 2.05. The lowest BCUT2D eigenvalue weighted by molar-refractivity contribution is 0.312. The van der Waals surface area contributed by atoms with E-state index in [1.807, 2.05) is 6.08 Å². The minimum absolute atomic E-state index is 0.0544. The lowest BCUT2D eigenvalue weighted by atomic mass is 10.3. The average molecular weight is 171 g/mol. The normalized spacial score (nSPS) is 12.6. The van der Waals surface area contributed by atoms with Gasteiger partial charge in [-0.1, -0.05) is 33.8 Å². The Kier molecular flexibility index (Phi) is 5.51. The third kappa shape index (κ3) is 4.38. The van der Waals surface area contributed by atoms with Gasteiger partial charge >= 0.3 is 0 Å². The van der Waals surface area contributed by atoms with Gasteiger partial charge in [0.25, 0.3) is 0 Å². The molecule has 0 aromatic carbocycles. The molecule has 0 spiro atoms. The first kappa shape index (κ1) is 10.9. The Balaban J connectivity index is 3.79. The van der Waals surface area contributed by atoms with Crippen molar-refractivity contribution in [1.29, 1.82) is 0 Å². The van der Waals surface area contributed by atoms with Gasteiger partial charge in [0.1, 0.15) is 0 Å². The van der Waals surface area contributed by atoms with Crippen LogP contribution in [0, 0.1) is 0 Å². The number of rotatable bonds is 5. The lowest BCUT2D eigenvalue weighted by Gasteiger charge is -2.30. The highest BCUT2D eigenvalue weighted by molar-refractivity contribution is 6.32. The minimum Gasteiger partial charge on any atom is -0.325 e. The quantitative estimate of drug-likeness (QED) is 0.450. The first-order chi connectivity index (χ1) is 5.09. The van der Waals surface area contributed by atoms with Gasteiger partial charge in [0.15, 0.2) is 0 Å². The number of nitrogens with zero attached hydrogens (tertiary/aromatic N) is 1. The van der Waals surface area contributed by atoms with Crippen molar-refractivity contribution < 1.29 is 0 Å². The standard InChI is InChI=1S/C9H21NSi/c1-6-7-11-10(8(2)3)9(4)5/h6,8-9H,1,7,11H2,2-5H3. The summed E-state index contributed by atoms with van der Waals surface area (Å²) in [6.45, 7) is 12.9. The fourth-order valence-corrected chi connectivity index (χ4v) is 2.87. The van der Waals surface area contributed by atoms with Crippen molar-refractivity contribution in [3.8, 4) is 0 Å².